The van der Waals surface area contributed by atoms with Gasteiger partial charge in [0.05, 0.1) is 5.25 Å². The van der Waals surface area contributed by atoms with Gasteiger partial charge in [0.15, 0.2) is 6.61 Å². The van der Waals surface area contributed by atoms with E-state index in [4.69, 9.17) is 10.00 Å². The Labute approximate surface area is 133 Å². The highest BCUT2D eigenvalue weighted by molar-refractivity contribution is 8.01. The van der Waals surface area contributed by atoms with Crippen molar-refractivity contribution in [1.82, 2.24) is 0 Å². The number of anilines is 1. The number of rotatable bonds is 4. The van der Waals surface area contributed by atoms with Crippen molar-refractivity contribution < 1.29 is 9.53 Å². The SMILES string of the molecule is N#CCOc1ccc(NC(=O)C2Cc3ccccc3S2)cc1. The molecule has 2 aromatic carbocycles. The van der Waals surface area contributed by atoms with Crippen molar-refractivity contribution in [3.8, 4) is 11.8 Å². The Hall–Kier alpha value is -2.45. The topological polar surface area (TPSA) is 62.1 Å². The molecule has 5 heteroatoms. The molecule has 0 aliphatic carbocycles. The third kappa shape index (κ3) is 3.23. The number of amides is 1. The van der Waals surface area contributed by atoms with E-state index in [1.54, 1.807) is 36.0 Å². The summed E-state index contributed by atoms with van der Waals surface area (Å²) in [5, 5.41) is 11.3. The van der Waals surface area contributed by atoms with Crippen LogP contribution in [0.25, 0.3) is 0 Å². The fraction of sp³-hybridized carbons (Fsp3) is 0.176. The second kappa shape index (κ2) is 6.54. The summed E-state index contributed by atoms with van der Waals surface area (Å²) in [7, 11) is 0. The molecule has 0 spiro atoms. The Balaban J connectivity index is 1.60. The highest BCUT2D eigenvalue weighted by atomic mass is 32.2. The number of benzene rings is 2. The molecule has 0 aromatic heterocycles. The van der Waals surface area contributed by atoms with Crippen LogP contribution in [0.1, 0.15) is 5.56 Å². The minimum atomic E-state index is -0.0908. The van der Waals surface area contributed by atoms with Crippen LogP contribution in [0.15, 0.2) is 53.4 Å². The molecule has 1 aliphatic rings. The van der Waals surface area contributed by atoms with E-state index >= 15 is 0 Å². The summed E-state index contributed by atoms with van der Waals surface area (Å²) >= 11 is 1.60. The number of nitriles is 1. The lowest BCUT2D eigenvalue weighted by Gasteiger charge is -2.10. The maximum atomic E-state index is 12.3. The van der Waals surface area contributed by atoms with Crippen LogP contribution in [-0.4, -0.2) is 17.8 Å². The normalized spacial score (nSPS) is 15.7. The second-order valence-electron chi connectivity index (χ2n) is 4.88. The molecule has 1 amide bonds. The van der Waals surface area contributed by atoms with Crippen molar-refractivity contribution in [3.63, 3.8) is 0 Å². The van der Waals surface area contributed by atoms with E-state index in [1.807, 2.05) is 18.2 Å². The molecule has 4 nitrogen and oxygen atoms in total. The maximum Gasteiger partial charge on any atom is 0.238 e. The average molecular weight is 310 g/mol. The number of fused-ring (bicyclic) bond motifs is 1. The van der Waals surface area contributed by atoms with Gasteiger partial charge in [-0.3, -0.25) is 4.79 Å². The van der Waals surface area contributed by atoms with Gasteiger partial charge in [0.2, 0.25) is 5.91 Å². The van der Waals surface area contributed by atoms with Crippen molar-refractivity contribution in [3.05, 3.63) is 54.1 Å². The largest absolute Gasteiger partial charge is 0.479 e. The first-order valence-corrected chi connectivity index (χ1v) is 7.79. The number of carbonyl (C=O) groups excluding carboxylic acids is 1. The Morgan fingerprint density at radius 1 is 1.27 bits per heavy atom. The molecule has 1 aliphatic heterocycles. The minimum absolute atomic E-state index is 0.00638. The number of carbonyl (C=O) groups is 1. The summed E-state index contributed by atoms with van der Waals surface area (Å²) < 4.78 is 5.18. The molecule has 0 fully saturated rings. The molecule has 2 aromatic rings. The van der Waals surface area contributed by atoms with E-state index in [9.17, 15) is 4.79 Å². The number of hydrogen-bond donors (Lipinski definition) is 1. The first-order chi connectivity index (χ1) is 10.8. The quantitative estimate of drug-likeness (QED) is 0.941. The maximum absolute atomic E-state index is 12.3. The van der Waals surface area contributed by atoms with Crippen LogP contribution < -0.4 is 10.1 Å². The Morgan fingerprint density at radius 2 is 2.05 bits per heavy atom. The minimum Gasteiger partial charge on any atom is -0.479 e. The van der Waals surface area contributed by atoms with Crippen LogP contribution in [-0.2, 0) is 11.2 Å². The Kier molecular flexibility index (Phi) is 4.31. The predicted octanol–water partition coefficient (Wildman–Crippen LogP) is 3.24. The Bertz CT molecular complexity index is 697. The molecule has 3 rings (SSSR count). The summed E-state index contributed by atoms with van der Waals surface area (Å²) in [6.07, 6.45) is 0.760. The van der Waals surface area contributed by atoms with Gasteiger partial charge in [0.1, 0.15) is 11.8 Å². The van der Waals surface area contributed by atoms with Gasteiger partial charge in [0.25, 0.3) is 0 Å². The van der Waals surface area contributed by atoms with Crippen molar-refractivity contribution in [2.45, 2.75) is 16.6 Å². The zero-order chi connectivity index (χ0) is 15.4. The van der Waals surface area contributed by atoms with Gasteiger partial charge in [-0.15, -0.1) is 11.8 Å². The monoisotopic (exact) mass is 310 g/mol. The van der Waals surface area contributed by atoms with E-state index in [0.717, 1.165) is 12.1 Å². The molecule has 0 bridgehead atoms. The van der Waals surface area contributed by atoms with E-state index in [-0.39, 0.29) is 17.8 Å². The van der Waals surface area contributed by atoms with Crippen LogP contribution in [0.3, 0.4) is 0 Å². The summed E-state index contributed by atoms with van der Waals surface area (Å²) in [6, 6.07) is 17.1. The zero-order valence-electron chi connectivity index (χ0n) is 11.8. The number of thioether (sulfide) groups is 1. The fourth-order valence-corrected chi connectivity index (χ4v) is 3.50. The fourth-order valence-electron chi connectivity index (χ4n) is 2.30. The van der Waals surface area contributed by atoms with E-state index in [0.29, 0.717) is 5.75 Å². The van der Waals surface area contributed by atoms with E-state index < -0.39 is 0 Å². The predicted molar refractivity (Wildman–Crippen MR) is 86.0 cm³/mol. The lowest BCUT2D eigenvalue weighted by atomic mass is 10.1. The van der Waals surface area contributed by atoms with Gasteiger partial charge >= 0.3 is 0 Å². The lowest BCUT2D eigenvalue weighted by Crippen LogP contribution is -2.24. The van der Waals surface area contributed by atoms with E-state index in [1.165, 1.54) is 10.5 Å². The molecule has 1 heterocycles. The van der Waals surface area contributed by atoms with E-state index in [2.05, 4.69) is 17.4 Å². The molecular formula is C17H14N2O2S. The highest BCUT2D eigenvalue weighted by Gasteiger charge is 2.27. The smallest absolute Gasteiger partial charge is 0.238 e. The van der Waals surface area contributed by atoms with Crippen LogP contribution >= 0.6 is 11.8 Å². The van der Waals surface area contributed by atoms with Crippen LogP contribution in [0, 0.1) is 11.3 Å². The van der Waals surface area contributed by atoms with Gasteiger partial charge < -0.3 is 10.1 Å². The molecule has 1 unspecified atom stereocenters. The molecule has 110 valence electrons. The third-order valence-electron chi connectivity index (χ3n) is 3.36. The third-order valence-corrected chi connectivity index (χ3v) is 4.68. The van der Waals surface area contributed by atoms with Gasteiger partial charge in [0, 0.05) is 10.6 Å². The van der Waals surface area contributed by atoms with Crippen molar-refractivity contribution in [1.29, 1.82) is 5.26 Å². The molecule has 0 radical (unpaired) electrons. The number of hydrogen-bond acceptors (Lipinski definition) is 4. The zero-order valence-corrected chi connectivity index (χ0v) is 12.6. The molecule has 1 N–H and O–H groups in total. The summed E-state index contributed by atoms with van der Waals surface area (Å²) in [4.78, 5) is 13.5. The van der Waals surface area contributed by atoms with Crippen molar-refractivity contribution >= 4 is 23.4 Å². The Morgan fingerprint density at radius 3 is 2.77 bits per heavy atom. The van der Waals surface area contributed by atoms with Crippen molar-refractivity contribution in [2.75, 3.05) is 11.9 Å². The molecular weight excluding hydrogens is 296 g/mol. The summed E-state index contributed by atoms with van der Waals surface area (Å²) in [5.74, 6) is 0.620. The van der Waals surface area contributed by atoms with Gasteiger partial charge in [-0.25, -0.2) is 0 Å². The van der Waals surface area contributed by atoms with Crippen LogP contribution in [0.5, 0.6) is 5.75 Å². The van der Waals surface area contributed by atoms with Crippen LogP contribution in [0.2, 0.25) is 0 Å². The summed E-state index contributed by atoms with van der Waals surface area (Å²) in [5.41, 5.74) is 1.96. The number of ether oxygens (including phenoxy) is 1. The number of nitrogens with zero attached hydrogens (tertiary/aromatic N) is 1. The molecule has 1 atom stereocenters. The average Bonchev–Trinajstić information content (AvgIpc) is 2.98. The van der Waals surface area contributed by atoms with Crippen LogP contribution in [0.4, 0.5) is 5.69 Å². The second-order valence-corrected chi connectivity index (χ2v) is 6.12. The van der Waals surface area contributed by atoms with Gasteiger partial charge in [-0.05, 0) is 42.3 Å². The lowest BCUT2D eigenvalue weighted by molar-refractivity contribution is -0.115. The van der Waals surface area contributed by atoms with Crippen molar-refractivity contribution in [2.24, 2.45) is 0 Å². The molecule has 0 saturated carbocycles. The number of nitrogens with one attached hydrogen (secondary N) is 1. The standard InChI is InChI=1S/C17H14N2O2S/c18-9-10-21-14-7-5-13(6-8-14)19-17(20)16-11-12-3-1-2-4-15(12)22-16/h1-8,16H,10-11H2,(H,19,20). The molecule has 22 heavy (non-hydrogen) atoms. The van der Waals surface area contributed by atoms with Gasteiger partial charge in [-0.2, -0.15) is 5.26 Å². The summed E-state index contributed by atoms with van der Waals surface area (Å²) in [6.45, 7) is 0.0165. The first kappa shape index (κ1) is 14.5. The first-order valence-electron chi connectivity index (χ1n) is 6.91. The highest BCUT2D eigenvalue weighted by Crippen LogP contribution is 2.37. The van der Waals surface area contributed by atoms with Gasteiger partial charge in [-0.1, -0.05) is 18.2 Å². The molecule has 0 saturated heterocycles.